The van der Waals surface area contributed by atoms with Crippen LogP contribution in [0.4, 0.5) is 5.69 Å². The molecule has 1 aliphatic rings. The van der Waals surface area contributed by atoms with Crippen LogP contribution in [0, 0.1) is 5.92 Å². The van der Waals surface area contributed by atoms with Crippen molar-refractivity contribution in [1.29, 1.82) is 0 Å². The van der Waals surface area contributed by atoms with Crippen LogP contribution in [0.25, 0.3) is 0 Å². The van der Waals surface area contributed by atoms with Crippen molar-refractivity contribution < 1.29 is 9.90 Å². The van der Waals surface area contributed by atoms with Crippen LogP contribution in [0.15, 0.2) is 47.5 Å². The van der Waals surface area contributed by atoms with Crippen LogP contribution in [-0.4, -0.2) is 29.3 Å². The first-order valence-electron chi connectivity index (χ1n) is 9.41. The van der Waals surface area contributed by atoms with E-state index in [2.05, 4.69) is 6.92 Å². The second-order valence-electron chi connectivity index (χ2n) is 7.22. The number of amides is 1. The average Bonchev–Trinajstić information content (AvgIpc) is 2.75. The van der Waals surface area contributed by atoms with Gasteiger partial charge in [0.1, 0.15) is 11.8 Å². The molecule has 5 heteroatoms. The van der Waals surface area contributed by atoms with E-state index in [0.717, 1.165) is 35.4 Å². The van der Waals surface area contributed by atoms with E-state index in [-0.39, 0.29) is 17.6 Å². The van der Waals surface area contributed by atoms with Crippen molar-refractivity contribution in [1.82, 2.24) is 0 Å². The van der Waals surface area contributed by atoms with E-state index in [9.17, 15) is 9.90 Å². The molecule has 0 saturated heterocycles. The number of rotatable bonds is 5. The zero-order valence-electron chi connectivity index (χ0n) is 15.9. The molecular formula is C22H25ClN2O2. The van der Waals surface area contributed by atoms with E-state index in [0.29, 0.717) is 11.6 Å². The van der Waals surface area contributed by atoms with Gasteiger partial charge in [-0.2, -0.15) is 0 Å². The Morgan fingerprint density at radius 3 is 2.52 bits per heavy atom. The number of carbonyl (C=O) groups excluding carboxylic acids is 1. The van der Waals surface area contributed by atoms with E-state index < -0.39 is 6.04 Å². The normalized spacial score (nSPS) is 16.9. The van der Waals surface area contributed by atoms with Gasteiger partial charge in [-0.25, -0.2) is 0 Å². The second-order valence-corrected chi connectivity index (χ2v) is 7.65. The summed E-state index contributed by atoms with van der Waals surface area (Å²) in [6.45, 7) is 6.80. The third kappa shape index (κ3) is 4.01. The molecule has 2 aromatic rings. The van der Waals surface area contributed by atoms with Crippen LogP contribution in [0.2, 0.25) is 5.02 Å². The van der Waals surface area contributed by atoms with E-state index in [1.54, 1.807) is 12.1 Å². The fourth-order valence-electron chi connectivity index (χ4n) is 3.31. The quantitative estimate of drug-likeness (QED) is 0.783. The number of halogens is 1. The molecule has 0 fully saturated rings. The molecule has 0 bridgehead atoms. The molecule has 0 spiro atoms. The van der Waals surface area contributed by atoms with Crippen LogP contribution < -0.4 is 4.90 Å². The Morgan fingerprint density at radius 1 is 1.19 bits per heavy atom. The van der Waals surface area contributed by atoms with E-state index in [4.69, 9.17) is 16.6 Å². The molecule has 27 heavy (non-hydrogen) atoms. The Morgan fingerprint density at radius 2 is 1.89 bits per heavy atom. The summed E-state index contributed by atoms with van der Waals surface area (Å²) in [6, 6.07) is 12.0. The second kappa shape index (κ2) is 8.13. The third-order valence-corrected chi connectivity index (χ3v) is 5.03. The molecule has 1 unspecified atom stereocenters. The van der Waals surface area contributed by atoms with Crippen molar-refractivity contribution in [3.05, 3.63) is 58.6 Å². The van der Waals surface area contributed by atoms with E-state index in [1.807, 2.05) is 49.1 Å². The highest BCUT2D eigenvalue weighted by Gasteiger charge is 2.33. The Labute approximate surface area is 165 Å². The highest BCUT2D eigenvalue weighted by molar-refractivity contribution is 6.32. The maximum atomic E-state index is 13.3. The van der Waals surface area contributed by atoms with Gasteiger partial charge in [0.05, 0.1) is 11.4 Å². The molecule has 2 aromatic carbocycles. The van der Waals surface area contributed by atoms with Crippen LogP contribution in [0.3, 0.4) is 0 Å². The Kier molecular flexibility index (Phi) is 5.85. The lowest BCUT2D eigenvalue weighted by Gasteiger charge is -2.26. The molecule has 0 aromatic heterocycles. The third-order valence-electron chi connectivity index (χ3n) is 4.80. The van der Waals surface area contributed by atoms with Gasteiger partial charge in [-0.15, -0.1) is 0 Å². The summed E-state index contributed by atoms with van der Waals surface area (Å²) in [5.74, 6) is 0.287. The van der Waals surface area contributed by atoms with Crippen molar-refractivity contribution >= 4 is 28.9 Å². The Balaban J connectivity index is 2.22. The highest BCUT2D eigenvalue weighted by Crippen LogP contribution is 2.33. The number of nitrogens with zero attached hydrogens (tertiary/aromatic N) is 2. The van der Waals surface area contributed by atoms with Crippen LogP contribution in [-0.2, 0) is 4.79 Å². The number of anilines is 1. The van der Waals surface area contributed by atoms with Crippen LogP contribution in [0.5, 0.6) is 5.75 Å². The molecule has 0 aliphatic carbocycles. The minimum Gasteiger partial charge on any atom is -0.508 e. The number of aliphatic imine (C=N–C) groups is 1. The smallest absolute Gasteiger partial charge is 0.252 e. The van der Waals surface area contributed by atoms with Gasteiger partial charge in [-0.1, -0.05) is 38.8 Å². The molecule has 1 aliphatic heterocycles. The van der Waals surface area contributed by atoms with E-state index in [1.165, 1.54) is 0 Å². The lowest BCUT2D eigenvalue weighted by molar-refractivity contribution is -0.120. The number of carbonyl (C=O) groups is 1. The van der Waals surface area contributed by atoms with Gasteiger partial charge < -0.3 is 10.0 Å². The zero-order valence-corrected chi connectivity index (χ0v) is 16.7. The number of fused-ring (bicyclic) bond motifs is 1. The summed E-state index contributed by atoms with van der Waals surface area (Å²) in [4.78, 5) is 20.1. The molecule has 1 amide bonds. The first kappa shape index (κ1) is 19.4. The first-order valence-corrected chi connectivity index (χ1v) is 9.78. The van der Waals surface area contributed by atoms with Crippen molar-refractivity contribution in [2.24, 2.45) is 10.9 Å². The number of hydrogen-bond acceptors (Lipinski definition) is 3. The molecule has 1 atom stereocenters. The summed E-state index contributed by atoms with van der Waals surface area (Å²) >= 11 is 6.30. The number of phenols is 1. The first-order chi connectivity index (χ1) is 12.9. The standard InChI is InChI=1S/C22H25ClN2O2/c1-4-5-12-25-19-11-8-16(23)13-18(19)21(15-6-9-17(26)10-7-15)24-20(14(2)3)22(25)27/h6-11,13-14,20,26H,4-5,12H2,1-3H3. The SMILES string of the molecule is CCCCN1C(=O)C(C(C)C)N=C(c2ccc(O)cc2)c2cc(Cl)ccc21. The maximum Gasteiger partial charge on any atom is 0.252 e. The fourth-order valence-corrected chi connectivity index (χ4v) is 3.48. The largest absolute Gasteiger partial charge is 0.508 e. The lowest BCUT2D eigenvalue weighted by Crippen LogP contribution is -2.40. The Bertz CT molecular complexity index is 859. The summed E-state index contributed by atoms with van der Waals surface area (Å²) < 4.78 is 0. The van der Waals surface area contributed by atoms with Crippen molar-refractivity contribution in [3.63, 3.8) is 0 Å². The molecule has 1 heterocycles. The lowest BCUT2D eigenvalue weighted by atomic mass is 9.99. The van der Waals surface area contributed by atoms with Gasteiger partial charge in [0.25, 0.3) is 5.91 Å². The molecule has 3 rings (SSSR count). The van der Waals surface area contributed by atoms with Crippen LogP contribution in [0.1, 0.15) is 44.7 Å². The van der Waals surface area contributed by atoms with Crippen molar-refractivity contribution in [3.8, 4) is 5.75 Å². The predicted octanol–water partition coefficient (Wildman–Crippen LogP) is 5.05. The molecule has 0 saturated carbocycles. The number of benzodiazepines with no additional fused rings is 1. The highest BCUT2D eigenvalue weighted by atomic mass is 35.5. The maximum absolute atomic E-state index is 13.3. The van der Waals surface area contributed by atoms with Gasteiger partial charge >= 0.3 is 0 Å². The van der Waals surface area contributed by atoms with Gasteiger partial charge in [-0.3, -0.25) is 9.79 Å². The Hall–Kier alpha value is -2.33. The minimum atomic E-state index is -0.461. The number of benzene rings is 2. The molecule has 142 valence electrons. The monoisotopic (exact) mass is 384 g/mol. The minimum absolute atomic E-state index is 0.0239. The van der Waals surface area contributed by atoms with Crippen molar-refractivity contribution in [2.45, 2.75) is 39.7 Å². The summed E-state index contributed by atoms with van der Waals surface area (Å²) in [5.41, 5.74) is 3.28. The number of hydrogen-bond donors (Lipinski definition) is 1. The predicted molar refractivity (Wildman–Crippen MR) is 111 cm³/mol. The van der Waals surface area contributed by atoms with Gasteiger partial charge in [0, 0.05) is 22.7 Å². The topological polar surface area (TPSA) is 52.9 Å². The molecular weight excluding hydrogens is 360 g/mol. The zero-order chi connectivity index (χ0) is 19.6. The van der Waals surface area contributed by atoms with Gasteiger partial charge in [0.15, 0.2) is 0 Å². The molecule has 0 radical (unpaired) electrons. The van der Waals surface area contributed by atoms with Gasteiger partial charge in [0.2, 0.25) is 0 Å². The number of phenolic OH excluding ortho intramolecular Hbond substituents is 1. The number of unbranched alkanes of at least 4 members (excludes halogenated alkanes) is 1. The van der Waals surface area contributed by atoms with E-state index >= 15 is 0 Å². The van der Waals surface area contributed by atoms with Gasteiger partial charge in [-0.05, 0) is 54.8 Å². The molecule has 4 nitrogen and oxygen atoms in total. The number of aromatic hydroxyl groups is 1. The van der Waals surface area contributed by atoms with Crippen molar-refractivity contribution in [2.75, 3.05) is 11.4 Å². The summed E-state index contributed by atoms with van der Waals surface area (Å²) in [6.07, 6.45) is 1.93. The van der Waals surface area contributed by atoms with Crippen LogP contribution >= 0.6 is 11.6 Å². The summed E-state index contributed by atoms with van der Waals surface area (Å²) in [5, 5.41) is 10.3. The summed E-state index contributed by atoms with van der Waals surface area (Å²) in [7, 11) is 0. The average molecular weight is 385 g/mol. The molecule has 1 N–H and O–H groups in total. The fraction of sp³-hybridized carbons (Fsp3) is 0.364.